The smallest absolute Gasteiger partial charge is 0.224 e. The molecular formula is C13H26N6. The monoisotopic (exact) mass is 266 g/mol. The van der Waals surface area contributed by atoms with Crippen LogP contribution in [-0.4, -0.2) is 74.1 Å². The van der Waals surface area contributed by atoms with Gasteiger partial charge in [-0.25, -0.2) is 4.98 Å². The van der Waals surface area contributed by atoms with Crippen LogP contribution in [0.3, 0.4) is 0 Å². The predicted molar refractivity (Wildman–Crippen MR) is 80.9 cm³/mol. The Hall–Kier alpha value is -1.40. The van der Waals surface area contributed by atoms with Crippen molar-refractivity contribution >= 4 is 11.8 Å². The third-order valence-electron chi connectivity index (χ3n) is 2.56. The van der Waals surface area contributed by atoms with Crippen LogP contribution < -0.4 is 10.6 Å². The molecule has 0 spiro atoms. The van der Waals surface area contributed by atoms with E-state index in [1.807, 2.05) is 27.1 Å². The number of hydrogen-bond donors (Lipinski definition) is 2. The van der Waals surface area contributed by atoms with Gasteiger partial charge in [0.05, 0.1) is 0 Å². The lowest BCUT2D eigenvalue weighted by Crippen LogP contribution is -2.23. The average Bonchev–Trinajstić information content (AvgIpc) is 2.27. The van der Waals surface area contributed by atoms with Crippen LogP contribution in [0.25, 0.3) is 0 Å². The van der Waals surface area contributed by atoms with Gasteiger partial charge in [0.15, 0.2) is 0 Å². The molecule has 0 amide bonds. The van der Waals surface area contributed by atoms with Crippen LogP contribution in [0, 0.1) is 6.92 Å². The molecule has 1 aromatic heterocycles. The van der Waals surface area contributed by atoms with Crippen molar-refractivity contribution in [2.75, 3.05) is 65.0 Å². The first-order chi connectivity index (χ1) is 8.97. The van der Waals surface area contributed by atoms with E-state index in [0.29, 0.717) is 5.95 Å². The molecule has 6 heteroatoms. The Balaban J connectivity index is 2.51. The van der Waals surface area contributed by atoms with E-state index in [9.17, 15) is 0 Å². The van der Waals surface area contributed by atoms with E-state index in [0.717, 1.165) is 37.7 Å². The fraction of sp³-hybridized carbons (Fsp3) is 0.692. The highest BCUT2D eigenvalue weighted by atomic mass is 15.2. The van der Waals surface area contributed by atoms with Gasteiger partial charge in [-0.2, -0.15) is 4.98 Å². The van der Waals surface area contributed by atoms with Gasteiger partial charge in [0.25, 0.3) is 0 Å². The van der Waals surface area contributed by atoms with E-state index in [-0.39, 0.29) is 0 Å². The molecule has 0 aliphatic heterocycles. The second-order valence-electron chi connectivity index (χ2n) is 5.18. The third-order valence-corrected chi connectivity index (χ3v) is 2.56. The molecule has 0 aliphatic carbocycles. The molecule has 19 heavy (non-hydrogen) atoms. The molecule has 1 aromatic rings. The Kier molecular flexibility index (Phi) is 6.52. The van der Waals surface area contributed by atoms with Crippen molar-refractivity contribution in [3.8, 4) is 0 Å². The van der Waals surface area contributed by atoms with E-state index in [4.69, 9.17) is 0 Å². The molecule has 0 bridgehead atoms. The molecule has 108 valence electrons. The number of rotatable bonds is 8. The minimum atomic E-state index is 0.689. The normalized spacial score (nSPS) is 11.1. The fourth-order valence-electron chi connectivity index (χ4n) is 1.54. The summed E-state index contributed by atoms with van der Waals surface area (Å²) in [6, 6.07) is 1.97. The molecular weight excluding hydrogens is 240 g/mol. The SMILES string of the molecule is Cc1cc(NCCN(C)C)nc(NCCN(C)C)n1. The van der Waals surface area contributed by atoms with Crippen LogP contribution in [0.2, 0.25) is 0 Å². The zero-order chi connectivity index (χ0) is 14.3. The van der Waals surface area contributed by atoms with Crippen LogP contribution in [0.4, 0.5) is 11.8 Å². The van der Waals surface area contributed by atoms with Gasteiger partial charge in [0, 0.05) is 37.9 Å². The Labute approximate surface area is 116 Å². The predicted octanol–water partition coefficient (Wildman–Crippen LogP) is 0.732. The molecule has 0 aromatic carbocycles. The summed E-state index contributed by atoms with van der Waals surface area (Å²) >= 11 is 0. The Morgan fingerprint density at radius 2 is 1.53 bits per heavy atom. The minimum absolute atomic E-state index is 0.689. The molecule has 0 radical (unpaired) electrons. The highest BCUT2D eigenvalue weighted by Crippen LogP contribution is 2.09. The number of anilines is 2. The van der Waals surface area contributed by atoms with Crippen molar-refractivity contribution < 1.29 is 0 Å². The summed E-state index contributed by atoms with van der Waals surface area (Å²) in [6.45, 7) is 5.64. The van der Waals surface area contributed by atoms with Gasteiger partial charge in [-0.3, -0.25) is 0 Å². The first-order valence-electron chi connectivity index (χ1n) is 6.60. The van der Waals surface area contributed by atoms with E-state index >= 15 is 0 Å². The third kappa shape index (κ3) is 6.93. The summed E-state index contributed by atoms with van der Waals surface area (Å²) in [6.07, 6.45) is 0. The van der Waals surface area contributed by atoms with Crippen molar-refractivity contribution in [1.82, 2.24) is 19.8 Å². The van der Waals surface area contributed by atoms with E-state index in [1.54, 1.807) is 0 Å². The Morgan fingerprint density at radius 1 is 0.947 bits per heavy atom. The second-order valence-corrected chi connectivity index (χ2v) is 5.18. The minimum Gasteiger partial charge on any atom is -0.369 e. The zero-order valence-electron chi connectivity index (χ0n) is 12.7. The first-order valence-corrected chi connectivity index (χ1v) is 6.60. The standard InChI is InChI=1S/C13H26N6/c1-11-10-12(14-6-8-18(2)3)17-13(16-11)15-7-9-19(4)5/h10H,6-9H2,1-5H3,(H2,14,15,16,17). The summed E-state index contributed by atoms with van der Waals surface area (Å²) in [5.74, 6) is 1.57. The van der Waals surface area contributed by atoms with Gasteiger partial charge in [-0.05, 0) is 35.1 Å². The lowest BCUT2D eigenvalue weighted by molar-refractivity contribution is 0.424. The molecule has 0 unspecified atom stereocenters. The van der Waals surface area contributed by atoms with Crippen molar-refractivity contribution in [1.29, 1.82) is 0 Å². The maximum Gasteiger partial charge on any atom is 0.224 e. The summed E-state index contributed by atoms with van der Waals surface area (Å²) in [5, 5.41) is 6.56. The number of aryl methyl sites for hydroxylation is 1. The van der Waals surface area contributed by atoms with Gasteiger partial charge < -0.3 is 20.4 Å². The Bertz CT molecular complexity index is 345. The van der Waals surface area contributed by atoms with Crippen molar-refractivity contribution in [2.24, 2.45) is 0 Å². The van der Waals surface area contributed by atoms with Crippen molar-refractivity contribution in [3.63, 3.8) is 0 Å². The maximum absolute atomic E-state index is 4.46. The summed E-state index contributed by atoms with van der Waals surface area (Å²) in [5.41, 5.74) is 0.967. The van der Waals surface area contributed by atoms with Gasteiger partial charge in [-0.1, -0.05) is 0 Å². The van der Waals surface area contributed by atoms with E-state index in [1.165, 1.54) is 0 Å². The summed E-state index contributed by atoms with van der Waals surface area (Å²) in [4.78, 5) is 13.1. The molecule has 0 saturated carbocycles. The van der Waals surface area contributed by atoms with Crippen molar-refractivity contribution in [3.05, 3.63) is 11.8 Å². The first kappa shape index (κ1) is 15.7. The van der Waals surface area contributed by atoms with Gasteiger partial charge in [0.1, 0.15) is 5.82 Å². The summed E-state index contributed by atoms with van der Waals surface area (Å²) in [7, 11) is 8.21. The van der Waals surface area contributed by atoms with Gasteiger partial charge in [-0.15, -0.1) is 0 Å². The number of nitrogens with zero attached hydrogens (tertiary/aromatic N) is 4. The molecule has 0 aliphatic rings. The number of aromatic nitrogens is 2. The second kappa shape index (κ2) is 7.91. The topological polar surface area (TPSA) is 56.3 Å². The Morgan fingerprint density at radius 3 is 2.11 bits per heavy atom. The number of hydrogen-bond acceptors (Lipinski definition) is 6. The lowest BCUT2D eigenvalue weighted by atomic mass is 10.4. The largest absolute Gasteiger partial charge is 0.369 e. The molecule has 1 heterocycles. The molecule has 0 fully saturated rings. The van der Waals surface area contributed by atoms with E-state index < -0.39 is 0 Å². The summed E-state index contributed by atoms with van der Waals surface area (Å²) < 4.78 is 0. The average molecular weight is 266 g/mol. The maximum atomic E-state index is 4.46. The highest BCUT2D eigenvalue weighted by molar-refractivity contribution is 5.42. The molecule has 2 N–H and O–H groups in total. The van der Waals surface area contributed by atoms with E-state index in [2.05, 4.69) is 44.5 Å². The number of nitrogens with one attached hydrogen (secondary N) is 2. The van der Waals surface area contributed by atoms with Crippen molar-refractivity contribution in [2.45, 2.75) is 6.92 Å². The fourth-order valence-corrected chi connectivity index (χ4v) is 1.54. The molecule has 0 atom stereocenters. The van der Waals surface area contributed by atoms with Crippen LogP contribution in [-0.2, 0) is 0 Å². The quantitative estimate of drug-likeness (QED) is 0.723. The molecule has 1 rings (SSSR count). The van der Waals surface area contributed by atoms with Crippen LogP contribution in [0.15, 0.2) is 6.07 Å². The van der Waals surface area contributed by atoms with Gasteiger partial charge in [0.2, 0.25) is 5.95 Å². The van der Waals surface area contributed by atoms with Crippen LogP contribution in [0.5, 0.6) is 0 Å². The van der Waals surface area contributed by atoms with Crippen LogP contribution in [0.1, 0.15) is 5.69 Å². The zero-order valence-corrected chi connectivity index (χ0v) is 12.7. The molecule has 6 nitrogen and oxygen atoms in total. The van der Waals surface area contributed by atoms with Crippen LogP contribution >= 0.6 is 0 Å². The molecule has 0 saturated heterocycles. The van der Waals surface area contributed by atoms with Gasteiger partial charge >= 0.3 is 0 Å². The lowest BCUT2D eigenvalue weighted by Gasteiger charge is -2.13. The number of likely N-dealkylation sites (N-methyl/N-ethyl adjacent to an activating group) is 2. The highest BCUT2D eigenvalue weighted by Gasteiger charge is 2.02.